The van der Waals surface area contributed by atoms with Gasteiger partial charge >= 0.3 is 0 Å². The van der Waals surface area contributed by atoms with Crippen LogP contribution in [0, 0.1) is 13.8 Å². The normalized spacial score (nSPS) is 10.3. The molecule has 1 aromatic heterocycles. The molecule has 0 aliphatic carbocycles. The van der Waals surface area contributed by atoms with E-state index in [-0.39, 0.29) is 11.8 Å². The summed E-state index contributed by atoms with van der Waals surface area (Å²) < 4.78 is 0. The van der Waals surface area contributed by atoms with E-state index < -0.39 is 0 Å². The van der Waals surface area contributed by atoms with Crippen molar-refractivity contribution in [2.75, 3.05) is 10.6 Å². The molecule has 0 saturated heterocycles. The van der Waals surface area contributed by atoms with Crippen LogP contribution in [0.3, 0.4) is 0 Å². The first-order valence-electron chi connectivity index (χ1n) is 7.87. The fourth-order valence-corrected chi connectivity index (χ4v) is 3.12. The van der Waals surface area contributed by atoms with Crippen LogP contribution in [0.25, 0.3) is 0 Å². The Morgan fingerprint density at radius 1 is 0.800 bits per heavy atom. The third-order valence-electron chi connectivity index (χ3n) is 3.87. The lowest BCUT2D eigenvalue weighted by Crippen LogP contribution is -2.14. The molecule has 0 atom stereocenters. The van der Waals surface area contributed by atoms with E-state index in [9.17, 15) is 9.59 Å². The van der Waals surface area contributed by atoms with Gasteiger partial charge in [0.05, 0.1) is 4.88 Å². The zero-order chi connectivity index (χ0) is 17.8. The second kappa shape index (κ2) is 7.32. The molecule has 0 bridgehead atoms. The zero-order valence-corrected chi connectivity index (χ0v) is 14.8. The maximum absolute atomic E-state index is 12.4. The number of aryl methyl sites for hydroxylation is 2. The molecule has 3 rings (SSSR count). The number of nitrogens with one attached hydrogen (secondary N) is 2. The number of hydrogen-bond acceptors (Lipinski definition) is 3. The molecule has 126 valence electrons. The van der Waals surface area contributed by atoms with E-state index in [1.54, 1.807) is 30.3 Å². The van der Waals surface area contributed by atoms with Gasteiger partial charge in [0.2, 0.25) is 0 Å². The van der Waals surface area contributed by atoms with Gasteiger partial charge in [-0.1, -0.05) is 24.3 Å². The van der Waals surface area contributed by atoms with Gasteiger partial charge in [0.1, 0.15) is 0 Å². The zero-order valence-electron chi connectivity index (χ0n) is 14.0. The van der Waals surface area contributed by atoms with Crippen LogP contribution in [0.2, 0.25) is 0 Å². The van der Waals surface area contributed by atoms with Crippen LogP contribution < -0.4 is 10.6 Å². The molecule has 2 aromatic carbocycles. The van der Waals surface area contributed by atoms with Crippen LogP contribution in [0.5, 0.6) is 0 Å². The molecule has 4 nitrogen and oxygen atoms in total. The standard InChI is InChI=1S/C20H18N2O2S/c1-13-5-3-6-14(2)18(13)22-19(23)15-8-10-16(11-9-15)21-20(24)17-7-4-12-25-17/h3-12H,1-2H3,(H,21,24)(H,22,23). The van der Waals surface area contributed by atoms with Gasteiger partial charge in [0.25, 0.3) is 11.8 Å². The van der Waals surface area contributed by atoms with E-state index in [4.69, 9.17) is 0 Å². The van der Waals surface area contributed by atoms with Gasteiger partial charge < -0.3 is 10.6 Å². The van der Waals surface area contributed by atoms with Gasteiger partial charge in [-0.25, -0.2) is 0 Å². The monoisotopic (exact) mass is 350 g/mol. The molecule has 0 fully saturated rings. The molecule has 0 aliphatic rings. The fraction of sp³-hybridized carbons (Fsp3) is 0.100. The number of carbonyl (C=O) groups excluding carboxylic acids is 2. The predicted octanol–water partition coefficient (Wildman–Crippen LogP) is 4.87. The highest BCUT2D eigenvalue weighted by atomic mass is 32.1. The SMILES string of the molecule is Cc1cccc(C)c1NC(=O)c1ccc(NC(=O)c2cccs2)cc1. The topological polar surface area (TPSA) is 58.2 Å². The predicted molar refractivity (Wildman–Crippen MR) is 103 cm³/mol. The molecule has 5 heteroatoms. The molecule has 0 aliphatic heterocycles. The molecular formula is C20H18N2O2S. The van der Waals surface area contributed by atoms with Gasteiger partial charge in [-0.15, -0.1) is 11.3 Å². The van der Waals surface area contributed by atoms with Crippen LogP contribution in [-0.2, 0) is 0 Å². The van der Waals surface area contributed by atoms with E-state index in [2.05, 4.69) is 10.6 Å². The Morgan fingerprint density at radius 3 is 2.08 bits per heavy atom. The van der Waals surface area contributed by atoms with E-state index in [0.29, 0.717) is 16.1 Å². The summed E-state index contributed by atoms with van der Waals surface area (Å²) >= 11 is 1.39. The number of anilines is 2. The van der Waals surface area contributed by atoms with Gasteiger partial charge in [0.15, 0.2) is 0 Å². The highest BCUT2D eigenvalue weighted by Crippen LogP contribution is 2.21. The summed E-state index contributed by atoms with van der Waals surface area (Å²) in [5.74, 6) is -0.323. The lowest BCUT2D eigenvalue weighted by atomic mass is 10.1. The largest absolute Gasteiger partial charge is 0.322 e. The molecule has 25 heavy (non-hydrogen) atoms. The number of carbonyl (C=O) groups is 2. The Hall–Kier alpha value is -2.92. The summed E-state index contributed by atoms with van der Waals surface area (Å²) in [6, 6.07) is 16.4. The molecule has 0 unspecified atom stereocenters. The smallest absolute Gasteiger partial charge is 0.265 e. The lowest BCUT2D eigenvalue weighted by molar-refractivity contribution is 0.102. The van der Waals surface area contributed by atoms with Crippen LogP contribution in [0.4, 0.5) is 11.4 Å². The molecule has 1 heterocycles. The second-order valence-electron chi connectivity index (χ2n) is 5.73. The molecular weight excluding hydrogens is 332 g/mol. The quantitative estimate of drug-likeness (QED) is 0.705. The van der Waals surface area contributed by atoms with Crippen molar-refractivity contribution >= 4 is 34.5 Å². The Labute approximate surface area is 150 Å². The summed E-state index contributed by atoms with van der Waals surface area (Å²) in [7, 11) is 0. The molecule has 2 amide bonds. The summed E-state index contributed by atoms with van der Waals surface area (Å²) in [6.45, 7) is 3.93. The number of amides is 2. The van der Waals surface area contributed by atoms with Gasteiger partial charge in [-0.3, -0.25) is 9.59 Å². The van der Waals surface area contributed by atoms with E-state index in [1.165, 1.54) is 11.3 Å². The first kappa shape index (κ1) is 16.9. The highest BCUT2D eigenvalue weighted by Gasteiger charge is 2.11. The Balaban J connectivity index is 1.69. The van der Waals surface area contributed by atoms with Crippen molar-refractivity contribution in [1.82, 2.24) is 0 Å². The van der Waals surface area contributed by atoms with Crippen molar-refractivity contribution in [2.45, 2.75) is 13.8 Å². The van der Waals surface area contributed by atoms with E-state index >= 15 is 0 Å². The fourth-order valence-electron chi connectivity index (χ4n) is 2.50. The molecule has 3 aromatic rings. The average Bonchev–Trinajstić information content (AvgIpc) is 3.13. The summed E-state index contributed by atoms with van der Waals surface area (Å²) in [4.78, 5) is 25.1. The molecule has 0 radical (unpaired) electrons. The van der Waals surface area contributed by atoms with Crippen molar-refractivity contribution in [3.63, 3.8) is 0 Å². The number of rotatable bonds is 4. The minimum absolute atomic E-state index is 0.150. The minimum Gasteiger partial charge on any atom is -0.322 e. The molecule has 2 N–H and O–H groups in total. The van der Waals surface area contributed by atoms with Crippen LogP contribution >= 0.6 is 11.3 Å². The Kier molecular flexibility index (Phi) is 4.95. The first-order valence-corrected chi connectivity index (χ1v) is 8.75. The number of hydrogen-bond donors (Lipinski definition) is 2. The van der Waals surface area contributed by atoms with Crippen molar-refractivity contribution in [3.8, 4) is 0 Å². The number of para-hydroxylation sites is 1. The molecule has 0 saturated carbocycles. The van der Waals surface area contributed by atoms with Crippen LogP contribution in [-0.4, -0.2) is 11.8 Å². The molecule has 0 spiro atoms. The van der Waals surface area contributed by atoms with Gasteiger partial charge in [-0.05, 0) is 60.7 Å². The van der Waals surface area contributed by atoms with Crippen molar-refractivity contribution in [2.24, 2.45) is 0 Å². The van der Waals surface area contributed by atoms with Crippen LogP contribution in [0.15, 0.2) is 60.0 Å². The van der Waals surface area contributed by atoms with Crippen molar-refractivity contribution < 1.29 is 9.59 Å². The lowest BCUT2D eigenvalue weighted by Gasteiger charge is -2.12. The highest BCUT2D eigenvalue weighted by molar-refractivity contribution is 7.12. The summed E-state index contributed by atoms with van der Waals surface area (Å²) in [5.41, 5.74) is 4.07. The third-order valence-corrected chi connectivity index (χ3v) is 4.74. The van der Waals surface area contributed by atoms with Gasteiger partial charge in [-0.2, -0.15) is 0 Å². The summed E-state index contributed by atoms with van der Waals surface area (Å²) in [6.07, 6.45) is 0. The Bertz CT molecular complexity index is 880. The van der Waals surface area contributed by atoms with Crippen molar-refractivity contribution in [1.29, 1.82) is 0 Å². The third kappa shape index (κ3) is 3.95. The maximum Gasteiger partial charge on any atom is 0.265 e. The number of thiophene rings is 1. The minimum atomic E-state index is -0.173. The first-order chi connectivity index (χ1) is 12.0. The van der Waals surface area contributed by atoms with Crippen LogP contribution in [0.1, 0.15) is 31.2 Å². The number of benzene rings is 2. The van der Waals surface area contributed by atoms with E-state index in [0.717, 1.165) is 16.8 Å². The average molecular weight is 350 g/mol. The van der Waals surface area contributed by atoms with Crippen molar-refractivity contribution in [3.05, 3.63) is 81.5 Å². The van der Waals surface area contributed by atoms with E-state index in [1.807, 2.05) is 43.5 Å². The maximum atomic E-state index is 12.4. The summed E-state index contributed by atoms with van der Waals surface area (Å²) in [5, 5.41) is 7.63. The second-order valence-corrected chi connectivity index (χ2v) is 6.68. The Morgan fingerprint density at radius 2 is 1.48 bits per heavy atom. The van der Waals surface area contributed by atoms with Gasteiger partial charge in [0, 0.05) is 16.9 Å².